The second kappa shape index (κ2) is 10.0. The van der Waals surface area contributed by atoms with Crippen LogP contribution >= 0.6 is 15.9 Å². The van der Waals surface area contributed by atoms with Gasteiger partial charge in [0, 0.05) is 28.8 Å². The highest BCUT2D eigenvalue weighted by atomic mass is 79.9. The van der Waals surface area contributed by atoms with Gasteiger partial charge in [0.05, 0.1) is 20.1 Å². The number of nitrogens with zero attached hydrogens (tertiary/aromatic N) is 2. The van der Waals surface area contributed by atoms with E-state index >= 15 is 0 Å². The number of benzene rings is 2. The summed E-state index contributed by atoms with van der Waals surface area (Å²) in [5.74, 6) is -0.0413. The van der Waals surface area contributed by atoms with E-state index in [2.05, 4.69) is 26.5 Å². The number of hydrogen-bond acceptors (Lipinski definition) is 6. The molecular weight excluding hydrogens is 496 g/mol. The number of nitrogens with one attached hydrogen (secondary N) is 2. The van der Waals surface area contributed by atoms with E-state index in [0.717, 1.165) is 4.47 Å². The molecule has 1 aliphatic rings. The van der Waals surface area contributed by atoms with Gasteiger partial charge in [-0.3, -0.25) is 14.1 Å². The van der Waals surface area contributed by atoms with Gasteiger partial charge in [0.25, 0.3) is 5.91 Å². The number of carbonyl (C=O) groups excluding carboxylic acids is 2. The molecule has 2 N–H and O–H groups in total. The fourth-order valence-corrected chi connectivity index (χ4v) is 3.72. The molecule has 2 amide bonds. The lowest BCUT2D eigenvalue weighted by Crippen LogP contribution is -2.51. The van der Waals surface area contributed by atoms with E-state index < -0.39 is 11.7 Å². The highest BCUT2D eigenvalue weighted by Crippen LogP contribution is 2.17. The van der Waals surface area contributed by atoms with Crippen molar-refractivity contribution in [2.24, 2.45) is 0 Å². The number of anilines is 1. The van der Waals surface area contributed by atoms with E-state index in [4.69, 9.17) is 14.0 Å². The molecule has 1 aromatic heterocycles. The van der Waals surface area contributed by atoms with Crippen LogP contribution in [0.25, 0.3) is 5.69 Å². The molecule has 0 aliphatic carbocycles. The second-order valence-corrected chi connectivity index (χ2v) is 8.26. The SMILES string of the molecule is COc1ccc(-[n+]2[nH]oc(=O)c2CN2CCOC(CC(=O)Nc3ccc(Br)cc3)C2=O)cc1. The number of aromatic nitrogens is 2. The van der Waals surface area contributed by atoms with E-state index in [9.17, 15) is 14.4 Å². The third kappa shape index (κ3) is 5.32. The predicted octanol–water partition coefficient (Wildman–Crippen LogP) is 1.77. The van der Waals surface area contributed by atoms with Crippen LogP contribution < -0.4 is 20.4 Å². The Labute approximate surface area is 197 Å². The predicted molar refractivity (Wildman–Crippen MR) is 120 cm³/mol. The van der Waals surface area contributed by atoms with E-state index in [-0.39, 0.29) is 43.6 Å². The maximum absolute atomic E-state index is 13.0. The summed E-state index contributed by atoms with van der Waals surface area (Å²) in [5, 5.41) is 5.31. The molecular formula is C22H22BrN4O6+. The van der Waals surface area contributed by atoms with Gasteiger partial charge >= 0.3 is 11.3 Å². The fraction of sp³-hybridized carbons (Fsp3) is 0.273. The van der Waals surface area contributed by atoms with Gasteiger partial charge < -0.3 is 19.7 Å². The Bertz CT molecular complexity index is 1190. The van der Waals surface area contributed by atoms with Crippen LogP contribution in [0.5, 0.6) is 5.75 Å². The number of halogens is 1. The number of hydrogen-bond donors (Lipinski definition) is 2. The molecule has 1 fully saturated rings. The maximum atomic E-state index is 13.0. The number of amides is 2. The van der Waals surface area contributed by atoms with Crippen molar-refractivity contribution in [3.8, 4) is 11.4 Å². The smallest absolute Gasteiger partial charge is 0.432 e. The number of aromatic amines is 1. The van der Waals surface area contributed by atoms with Gasteiger partial charge in [-0.15, -0.1) is 0 Å². The summed E-state index contributed by atoms with van der Waals surface area (Å²) in [4.78, 5) is 39.2. The molecule has 1 atom stereocenters. The molecule has 11 heteroatoms. The van der Waals surface area contributed by atoms with E-state index in [1.165, 1.54) is 9.58 Å². The lowest BCUT2D eigenvalue weighted by atomic mass is 10.1. The molecule has 0 bridgehead atoms. The number of carbonyl (C=O) groups is 2. The number of rotatable bonds is 7. The first-order valence-electron chi connectivity index (χ1n) is 10.2. The van der Waals surface area contributed by atoms with Gasteiger partial charge in [-0.25, -0.2) is 4.79 Å². The molecule has 0 radical (unpaired) electrons. The number of ether oxygens (including phenoxy) is 2. The average Bonchev–Trinajstić information content (AvgIpc) is 3.18. The van der Waals surface area contributed by atoms with Gasteiger partial charge in [0.1, 0.15) is 18.4 Å². The Balaban J connectivity index is 1.44. The van der Waals surface area contributed by atoms with Crippen molar-refractivity contribution < 1.29 is 28.3 Å². The topological polar surface area (TPSA) is 118 Å². The lowest BCUT2D eigenvalue weighted by molar-refractivity contribution is -0.678. The number of H-pyrrole nitrogens is 1. The largest absolute Gasteiger partial charge is 0.497 e. The zero-order valence-electron chi connectivity index (χ0n) is 17.7. The third-order valence-electron chi connectivity index (χ3n) is 5.17. The van der Waals surface area contributed by atoms with Crippen LogP contribution in [0.2, 0.25) is 0 Å². The molecule has 0 spiro atoms. The van der Waals surface area contributed by atoms with Crippen molar-refractivity contribution in [3.63, 3.8) is 0 Å². The summed E-state index contributed by atoms with van der Waals surface area (Å²) in [7, 11) is 1.56. The summed E-state index contributed by atoms with van der Waals surface area (Å²) in [6, 6.07) is 14.1. The minimum absolute atomic E-state index is 0.00485. The lowest BCUT2D eigenvalue weighted by Gasteiger charge is -2.30. The fourth-order valence-electron chi connectivity index (χ4n) is 3.46. The van der Waals surface area contributed by atoms with Crippen molar-refractivity contribution in [2.45, 2.75) is 19.1 Å². The van der Waals surface area contributed by atoms with Crippen LogP contribution in [0, 0.1) is 0 Å². The minimum Gasteiger partial charge on any atom is -0.497 e. The first-order valence-corrected chi connectivity index (χ1v) is 11.0. The highest BCUT2D eigenvalue weighted by molar-refractivity contribution is 9.10. The Morgan fingerprint density at radius 3 is 2.64 bits per heavy atom. The molecule has 1 aliphatic heterocycles. The molecule has 3 aromatic rings. The summed E-state index contributed by atoms with van der Waals surface area (Å²) in [5.41, 5.74) is 0.916. The van der Waals surface area contributed by atoms with Gasteiger partial charge in [0.2, 0.25) is 11.6 Å². The molecule has 1 saturated heterocycles. The van der Waals surface area contributed by atoms with Crippen molar-refractivity contribution in [3.05, 3.63) is 69.1 Å². The third-order valence-corrected chi connectivity index (χ3v) is 5.70. The van der Waals surface area contributed by atoms with Crippen LogP contribution in [0.4, 0.5) is 5.69 Å². The molecule has 2 aromatic carbocycles. The van der Waals surface area contributed by atoms with Gasteiger partial charge in [-0.2, -0.15) is 0 Å². The van der Waals surface area contributed by atoms with E-state index in [1.54, 1.807) is 55.6 Å². The Kier molecular flexibility index (Phi) is 6.90. The minimum atomic E-state index is -0.936. The number of methoxy groups -OCH3 is 1. The monoisotopic (exact) mass is 517 g/mol. The summed E-state index contributed by atoms with van der Waals surface area (Å²) >= 11 is 3.34. The van der Waals surface area contributed by atoms with Crippen molar-refractivity contribution in [1.29, 1.82) is 0 Å². The van der Waals surface area contributed by atoms with Crippen LogP contribution in [-0.2, 0) is 20.9 Å². The van der Waals surface area contributed by atoms with Gasteiger partial charge in [-0.1, -0.05) is 15.9 Å². The Morgan fingerprint density at radius 1 is 1.21 bits per heavy atom. The standard InChI is InChI=1S/C22H21BrN4O6/c1-31-17-8-6-16(7-9-17)27-18(22(30)33-25-27)13-26-10-11-32-19(21(26)29)12-20(28)24-15-4-2-14(23)3-5-15/h2-9,19H,10-13H2,1H3,(H-,24,25,28,30)/p+1. The van der Waals surface area contributed by atoms with Gasteiger partial charge in [-0.05, 0) is 46.4 Å². The quantitative estimate of drug-likeness (QED) is 0.461. The van der Waals surface area contributed by atoms with Gasteiger partial charge in [0.15, 0.2) is 0 Å². The molecule has 2 heterocycles. The normalized spacial score (nSPS) is 16.0. The van der Waals surface area contributed by atoms with Crippen molar-refractivity contribution in [1.82, 2.24) is 10.2 Å². The van der Waals surface area contributed by atoms with Crippen molar-refractivity contribution >= 4 is 33.4 Å². The molecule has 1 unspecified atom stereocenters. The maximum Gasteiger partial charge on any atom is 0.432 e. The van der Waals surface area contributed by atoms with E-state index in [0.29, 0.717) is 17.1 Å². The Morgan fingerprint density at radius 2 is 1.94 bits per heavy atom. The first kappa shape index (κ1) is 22.7. The zero-order chi connectivity index (χ0) is 23.4. The summed E-state index contributed by atoms with van der Waals surface area (Å²) in [6.45, 7) is 0.544. The van der Waals surface area contributed by atoms with Crippen molar-refractivity contribution in [2.75, 3.05) is 25.6 Å². The average molecular weight is 518 g/mol. The van der Waals surface area contributed by atoms with Crippen LogP contribution in [0.15, 0.2) is 62.3 Å². The Hall–Kier alpha value is -3.44. The molecule has 0 saturated carbocycles. The zero-order valence-corrected chi connectivity index (χ0v) is 19.3. The number of morpholine rings is 1. The summed E-state index contributed by atoms with van der Waals surface area (Å²) < 4.78 is 18.0. The molecule has 10 nitrogen and oxygen atoms in total. The van der Waals surface area contributed by atoms with E-state index in [1.807, 2.05) is 0 Å². The van der Waals surface area contributed by atoms with Crippen LogP contribution in [-0.4, -0.2) is 48.4 Å². The second-order valence-electron chi connectivity index (χ2n) is 7.34. The summed E-state index contributed by atoms with van der Waals surface area (Å²) in [6.07, 6.45) is -1.07. The van der Waals surface area contributed by atoms with Crippen LogP contribution in [0.3, 0.4) is 0 Å². The highest BCUT2D eigenvalue weighted by Gasteiger charge is 2.35. The molecule has 172 valence electrons. The molecule has 4 rings (SSSR count). The molecule has 33 heavy (non-hydrogen) atoms. The first-order chi connectivity index (χ1) is 15.9. The van der Waals surface area contributed by atoms with Crippen LogP contribution in [0.1, 0.15) is 12.1 Å².